The predicted octanol–water partition coefficient (Wildman–Crippen LogP) is 9.02. The first kappa shape index (κ1) is 42.7. The lowest BCUT2D eigenvalue weighted by molar-refractivity contribution is 0.480. The van der Waals surface area contributed by atoms with Crippen LogP contribution in [0.25, 0.3) is 33.4 Å². The van der Waals surface area contributed by atoms with Gasteiger partial charge in [-0.05, 0) is 93.8 Å². The third-order valence-corrected chi connectivity index (χ3v) is 12.9. The molecule has 0 saturated carbocycles. The van der Waals surface area contributed by atoms with E-state index in [1.54, 1.807) is 39.8 Å². The lowest BCUT2D eigenvalue weighted by Crippen LogP contribution is -2.28. The van der Waals surface area contributed by atoms with E-state index in [1.165, 1.54) is 36.4 Å². The average Bonchev–Trinajstić information content (AvgIpc) is 3.14. The highest BCUT2D eigenvalue weighted by Crippen LogP contribution is 2.44. The van der Waals surface area contributed by atoms with Crippen LogP contribution >= 0.6 is 0 Å². The van der Waals surface area contributed by atoms with Crippen LogP contribution in [0.4, 0.5) is 17.1 Å². The summed E-state index contributed by atoms with van der Waals surface area (Å²) >= 11 is 0. The van der Waals surface area contributed by atoms with Gasteiger partial charge < -0.3 is 9.32 Å². The molecule has 4 aromatic rings. The fraction of sp³-hybridized carbons (Fsp3) is 0.279. The van der Waals surface area contributed by atoms with Gasteiger partial charge in [-0.15, -0.1) is 0 Å². The number of fused-ring (bicyclic) bond motifs is 2. The summed E-state index contributed by atoms with van der Waals surface area (Å²) in [6.45, 7) is 12.4. The van der Waals surface area contributed by atoms with Crippen LogP contribution in [0.5, 0.6) is 0 Å². The zero-order valence-corrected chi connectivity index (χ0v) is 35.6. The molecule has 1 aliphatic heterocycles. The maximum atomic E-state index is 12.8. The number of anilines is 2. The Morgan fingerprint density at radius 3 is 1.79 bits per heavy atom. The van der Waals surface area contributed by atoms with E-state index < -0.39 is 30.4 Å². The topological polar surface area (TPSA) is 182 Å². The summed E-state index contributed by atoms with van der Waals surface area (Å²) in [5, 5.41) is 1.29. The Bertz CT molecular complexity index is 2910. The highest BCUT2D eigenvalue weighted by Gasteiger charge is 2.27. The van der Waals surface area contributed by atoms with Crippen molar-refractivity contribution in [2.45, 2.75) is 81.9 Å². The first-order chi connectivity index (χ1) is 27.2. The zero-order valence-electron chi connectivity index (χ0n) is 33.1. The van der Waals surface area contributed by atoms with Gasteiger partial charge in [0.05, 0.1) is 15.9 Å². The van der Waals surface area contributed by atoms with Gasteiger partial charge in [-0.25, -0.2) is 0 Å². The average molecular weight is 848 g/mol. The van der Waals surface area contributed by atoms with Crippen LogP contribution in [0.3, 0.4) is 0 Å². The number of hydrogen-bond acceptors (Lipinski definition) is 8. The number of benzene rings is 5. The Kier molecular flexibility index (Phi) is 12.1. The lowest BCUT2D eigenvalue weighted by Gasteiger charge is -2.29. The maximum Gasteiger partial charge on any atom is 0.295 e. The van der Waals surface area contributed by atoms with Crippen LogP contribution in [0.1, 0.15) is 61.8 Å². The molecule has 6 rings (SSSR count). The van der Waals surface area contributed by atoms with Crippen molar-refractivity contribution in [1.82, 2.24) is 4.58 Å². The zero-order chi connectivity index (χ0) is 42.3. The minimum Gasteiger partial charge on any atom is -0.456 e. The third kappa shape index (κ3) is 8.60. The quantitative estimate of drug-likeness (QED) is 0.0573. The molecule has 0 saturated heterocycles. The van der Waals surface area contributed by atoms with Gasteiger partial charge >= 0.3 is 0 Å². The molecule has 0 bridgehead atoms. The molecule has 0 radical (unpaired) electrons. The molecule has 0 amide bonds. The highest BCUT2D eigenvalue weighted by molar-refractivity contribution is 7.86. The van der Waals surface area contributed by atoms with E-state index in [-0.39, 0.29) is 20.2 Å². The number of rotatable bonds is 13. The van der Waals surface area contributed by atoms with E-state index in [0.29, 0.717) is 63.2 Å². The first-order valence-corrected chi connectivity index (χ1v) is 23.2. The van der Waals surface area contributed by atoms with Crippen LogP contribution in [0.2, 0.25) is 0 Å². The van der Waals surface area contributed by atoms with E-state index in [9.17, 15) is 38.9 Å². The summed E-state index contributed by atoms with van der Waals surface area (Å²) in [4.78, 5) is 1.39. The molecule has 1 aliphatic carbocycles. The van der Waals surface area contributed by atoms with Crippen molar-refractivity contribution in [3.63, 3.8) is 0 Å². The summed E-state index contributed by atoms with van der Waals surface area (Å²) < 4.78 is 113. The van der Waals surface area contributed by atoms with Gasteiger partial charge in [0.1, 0.15) is 22.8 Å². The molecule has 58 heavy (non-hydrogen) atoms. The Morgan fingerprint density at radius 1 is 0.638 bits per heavy atom. The predicted molar refractivity (Wildman–Crippen MR) is 226 cm³/mol. The van der Waals surface area contributed by atoms with Gasteiger partial charge in [-0.1, -0.05) is 44.9 Å². The third-order valence-electron chi connectivity index (χ3n) is 10.3. The largest absolute Gasteiger partial charge is 0.456 e. The number of unbranched alkanes of at least 4 members (excludes halogenated alkanes) is 2. The molecule has 4 aromatic carbocycles. The molecular weight excluding hydrogens is 801 g/mol. The van der Waals surface area contributed by atoms with Crippen LogP contribution in [0.15, 0.2) is 104 Å². The van der Waals surface area contributed by atoms with Gasteiger partial charge in [0.2, 0.25) is 11.0 Å². The molecule has 0 unspecified atom stereocenters. The first-order valence-electron chi connectivity index (χ1n) is 18.9. The molecule has 1 heterocycles. The minimum absolute atomic E-state index is 0.202. The van der Waals surface area contributed by atoms with Gasteiger partial charge in [-0.2, -0.15) is 29.8 Å². The van der Waals surface area contributed by atoms with Crippen LogP contribution < -0.4 is 14.8 Å². The van der Waals surface area contributed by atoms with Crippen molar-refractivity contribution in [1.29, 1.82) is 0 Å². The molecule has 15 heteroatoms. The fourth-order valence-corrected chi connectivity index (χ4v) is 9.75. The summed E-state index contributed by atoms with van der Waals surface area (Å²) in [5.41, 5.74) is 6.52. The molecule has 0 atom stereocenters. The van der Waals surface area contributed by atoms with Crippen molar-refractivity contribution >= 4 is 58.4 Å². The van der Waals surface area contributed by atoms with Gasteiger partial charge in [0.15, 0.2) is 0 Å². The molecular formula is C43H47N2O10S3+. The van der Waals surface area contributed by atoms with Gasteiger partial charge in [-0.3, -0.25) is 13.7 Å². The second-order valence-corrected chi connectivity index (χ2v) is 18.8. The normalized spacial score (nSPS) is 13.0. The van der Waals surface area contributed by atoms with E-state index >= 15 is 0 Å². The maximum absolute atomic E-state index is 12.8. The Hall–Kier alpha value is -4.90. The standard InChI is InChI=1S/C43H46N2O10S3/c1-7-9-19-44(42-27(3)21-33(22-28(42)4)56(46,47)48)31-15-17-35-38(25-31)55-39-26-32(16-18-36(39)41(35)37-13-11-12-14-40(37)58(52,53)54)45(20-10-8-2)43-29(5)23-34(24-30(43)6)57(49,50)51/h11-18,21-26H,7-10,19-20H2,1-6H3,(H2-,46,47,48,49,50,51,52,53,54)/p+1. The van der Waals surface area contributed by atoms with Crippen LogP contribution in [-0.2, 0) is 30.4 Å². The minimum atomic E-state index is -4.67. The van der Waals surface area contributed by atoms with Crippen molar-refractivity contribution in [3.05, 3.63) is 113 Å². The van der Waals surface area contributed by atoms with E-state index in [2.05, 4.69) is 23.3 Å². The van der Waals surface area contributed by atoms with Gasteiger partial charge in [0.25, 0.3) is 30.4 Å². The smallest absolute Gasteiger partial charge is 0.295 e. The van der Waals surface area contributed by atoms with Crippen molar-refractivity contribution < 1.29 is 43.3 Å². The molecule has 12 nitrogen and oxygen atoms in total. The van der Waals surface area contributed by atoms with Gasteiger partial charge in [0, 0.05) is 69.7 Å². The SMILES string of the molecule is CCCCN(c1ccc2c(-c3ccccc3S(=O)(=O)O)c3ccc(=[N+](CCCC)c4c(C)cc(S(=O)(=O)O)cc4C)cc-3oc2c1)c1c(C)cc(S(=O)(=O)O)cc1C. The van der Waals surface area contributed by atoms with Crippen molar-refractivity contribution in [2.24, 2.45) is 0 Å². The molecule has 2 aliphatic rings. The Balaban J connectivity index is 1.70. The molecule has 306 valence electrons. The van der Waals surface area contributed by atoms with Crippen LogP contribution in [0, 0.1) is 27.7 Å². The Labute approximate surface area is 339 Å². The lowest BCUT2D eigenvalue weighted by atomic mass is 9.93. The Morgan fingerprint density at radius 2 is 1.22 bits per heavy atom. The summed E-state index contributed by atoms with van der Waals surface area (Å²) in [7, 11) is -13.6. The number of nitrogens with zero attached hydrogens (tertiary/aromatic N) is 2. The second-order valence-electron chi connectivity index (χ2n) is 14.6. The summed E-state index contributed by atoms with van der Waals surface area (Å²) in [6, 6.07) is 23.1. The second kappa shape index (κ2) is 16.4. The van der Waals surface area contributed by atoms with E-state index in [4.69, 9.17) is 4.42 Å². The van der Waals surface area contributed by atoms with E-state index in [1.807, 2.05) is 36.4 Å². The fourth-order valence-electron chi connectivity index (χ4n) is 7.75. The number of hydrogen-bond donors (Lipinski definition) is 3. The molecule has 3 N–H and O–H groups in total. The van der Waals surface area contributed by atoms with Crippen molar-refractivity contribution in [3.8, 4) is 22.5 Å². The monoisotopic (exact) mass is 847 g/mol. The van der Waals surface area contributed by atoms with E-state index in [0.717, 1.165) is 48.1 Å². The summed E-state index contributed by atoms with van der Waals surface area (Å²) in [6.07, 6.45) is 3.32. The van der Waals surface area contributed by atoms with Crippen molar-refractivity contribution in [2.75, 3.05) is 18.0 Å². The summed E-state index contributed by atoms with van der Waals surface area (Å²) in [5.74, 6) is 0.402. The van der Waals surface area contributed by atoms with Crippen LogP contribution in [-0.4, -0.2) is 52.0 Å². The molecule has 0 spiro atoms. The number of aryl methyl sites for hydroxylation is 4. The molecule has 0 aromatic heterocycles. The highest BCUT2D eigenvalue weighted by atomic mass is 32.2. The molecule has 0 fully saturated rings.